The second-order valence-corrected chi connectivity index (χ2v) is 4.87. The van der Waals surface area contributed by atoms with Crippen LogP contribution in [0.2, 0.25) is 0 Å². The number of nitrogens with zero attached hydrogens (tertiary/aromatic N) is 1. The van der Waals surface area contributed by atoms with Gasteiger partial charge in [-0.15, -0.1) is 0 Å². The van der Waals surface area contributed by atoms with Crippen LogP contribution in [0.15, 0.2) is 0 Å². The van der Waals surface area contributed by atoms with E-state index >= 15 is 0 Å². The molecule has 18 heavy (non-hydrogen) atoms. The van der Waals surface area contributed by atoms with Gasteiger partial charge in [0.25, 0.3) is 0 Å². The van der Waals surface area contributed by atoms with Crippen LogP contribution in [0.4, 0.5) is 0 Å². The van der Waals surface area contributed by atoms with Gasteiger partial charge in [-0.05, 0) is 19.3 Å². The van der Waals surface area contributed by atoms with E-state index < -0.39 is 12.0 Å². The molecule has 0 aliphatic carbocycles. The number of piperidine rings is 1. The van der Waals surface area contributed by atoms with Crippen molar-refractivity contribution in [3.8, 4) is 0 Å². The van der Waals surface area contributed by atoms with E-state index in [0.29, 0.717) is 32.6 Å². The number of ether oxygens (including phenoxy) is 1. The zero-order valence-electron chi connectivity index (χ0n) is 10.4. The van der Waals surface area contributed by atoms with E-state index in [9.17, 15) is 9.59 Å². The van der Waals surface area contributed by atoms with Crippen molar-refractivity contribution in [2.75, 3.05) is 26.3 Å². The van der Waals surface area contributed by atoms with Gasteiger partial charge in [0.2, 0.25) is 5.91 Å². The van der Waals surface area contributed by atoms with Crippen LogP contribution in [0.1, 0.15) is 25.7 Å². The molecule has 0 spiro atoms. The zero-order chi connectivity index (χ0) is 13.0. The molecular formula is C12H20N2O4. The van der Waals surface area contributed by atoms with E-state index in [4.69, 9.17) is 9.84 Å². The topological polar surface area (TPSA) is 78.9 Å². The highest BCUT2D eigenvalue weighted by atomic mass is 16.5. The smallest absolute Gasteiger partial charge is 0.326 e. The van der Waals surface area contributed by atoms with Crippen molar-refractivity contribution in [3.63, 3.8) is 0 Å². The van der Waals surface area contributed by atoms with Crippen LogP contribution in [0.25, 0.3) is 0 Å². The minimum absolute atomic E-state index is 0.0163. The number of carbonyl (C=O) groups excluding carboxylic acids is 1. The maximum absolute atomic E-state index is 12.1. The summed E-state index contributed by atoms with van der Waals surface area (Å²) in [5, 5.41) is 12.3. The number of hydrogen-bond acceptors (Lipinski definition) is 4. The molecule has 2 aliphatic rings. The molecule has 0 radical (unpaired) electrons. The van der Waals surface area contributed by atoms with Crippen LogP contribution >= 0.6 is 0 Å². The van der Waals surface area contributed by atoms with Crippen LogP contribution in [-0.2, 0) is 14.3 Å². The number of rotatable bonds is 3. The number of nitrogens with one attached hydrogen (secondary N) is 1. The molecule has 1 amide bonds. The van der Waals surface area contributed by atoms with E-state index in [1.807, 2.05) is 0 Å². The summed E-state index contributed by atoms with van der Waals surface area (Å²) < 4.78 is 5.30. The first-order valence-corrected chi connectivity index (χ1v) is 6.52. The highest BCUT2D eigenvalue weighted by Crippen LogP contribution is 2.18. The lowest BCUT2D eigenvalue weighted by Gasteiger charge is -2.34. The molecule has 0 aromatic rings. The largest absolute Gasteiger partial charge is 0.480 e. The molecule has 2 rings (SSSR count). The standard InChI is InChI=1S/C12H20N2O4/c15-11(7-9-8-18-6-4-13-9)14-5-2-1-3-10(14)12(16)17/h9-10,13H,1-8H2,(H,16,17). The molecule has 0 bridgehead atoms. The number of carboxylic acids is 1. The Balaban J connectivity index is 1.91. The summed E-state index contributed by atoms with van der Waals surface area (Å²) >= 11 is 0. The third kappa shape index (κ3) is 3.20. The maximum atomic E-state index is 12.1. The predicted molar refractivity (Wildman–Crippen MR) is 64.2 cm³/mol. The highest BCUT2D eigenvalue weighted by Gasteiger charge is 2.32. The lowest BCUT2D eigenvalue weighted by molar-refractivity contribution is -0.152. The van der Waals surface area contributed by atoms with Crippen LogP contribution < -0.4 is 5.32 Å². The van der Waals surface area contributed by atoms with Gasteiger partial charge < -0.3 is 20.1 Å². The van der Waals surface area contributed by atoms with E-state index in [2.05, 4.69) is 5.32 Å². The summed E-state index contributed by atoms with van der Waals surface area (Å²) in [6, 6.07) is -0.626. The number of carboxylic acid groups (broad SMARTS) is 1. The number of likely N-dealkylation sites (tertiary alicyclic amines) is 1. The summed E-state index contributed by atoms with van der Waals surface area (Å²) in [5.41, 5.74) is 0. The van der Waals surface area contributed by atoms with Crippen LogP contribution in [-0.4, -0.2) is 60.3 Å². The molecule has 2 saturated heterocycles. The quantitative estimate of drug-likeness (QED) is 0.733. The molecule has 0 aromatic carbocycles. The van der Waals surface area contributed by atoms with Crippen molar-refractivity contribution in [1.82, 2.24) is 10.2 Å². The Kier molecular flexibility index (Phi) is 4.54. The summed E-state index contributed by atoms with van der Waals surface area (Å²) in [6.07, 6.45) is 2.66. The van der Waals surface area contributed by atoms with E-state index in [1.54, 1.807) is 0 Å². The summed E-state index contributed by atoms with van der Waals surface area (Å²) in [5.74, 6) is -0.971. The van der Waals surface area contributed by atoms with E-state index in [-0.39, 0.29) is 11.9 Å². The lowest BCUT2D eigenvalue weighted by atomic mass is 10.0. The molecule has 0 aromatic heterocycles. The highest BCUT2D eigenvalue weighted by molar-refractivity contribution is 5.84. The average molecular weight is 256 g/mol. The van der Waals surface area contributed by atoms with Crippen molar-refractivity contribution in [1.29, 1.82) is 0 Å². The average Bonchev–Trinajstić information content (AvgIpc) is 2.40. The minimum atomic E-state index is -0.893. The fraction of sp³-hybridized carbons (Fsp3) is 0.833. The molecule has 0 saturated carbocycles. The first-order chi connectivity index (χ1) is 8.68. The van der Waals surface area contributed by atoms with Gasteiger partial charge in [0, 0.05) is 25.6 Å². The molecule has 2 aliphatic heterocycles. The molecule has 2 fully saturated rings. The Hall–Kier alpha value is -1.14. The SMILES string of the molecule is O=C(O)C1CCCCN1C(=O)CC1COCCN1. The molecule has 2 unspecified atom stereocenters. The zero-order valence-corrected chi connectivity index (χ0v) is 10.4. The number of morpholine rings is 1. The summed E-state index contributed by atoms with van der Waals surface area (Å²) in [7, 11) is 0. The van der Waals surface area contributed by atoms with Gasteiger partial charge in [0.15, 0.2) is 0 Å². The number of amides is 1. The van der Waals surface area contributed by atoms with Gasteiger partial charge >= 0.3 is 5.97 Å². The van der Waals surface area contributed by atoms with Crippen molar-refractivity contribution in [2.45, 2.75) is 37.8 Å². The van der Waals surface area contributed by atoms with Crippen molar-refractivity contribution in [2.24, 2.45) is 0 Å². The fourth-order valence-corrected chi connectivity index (χ4v) is 2.57. The third-order valence-electron chi connectivity index (χ3n) is 3.53. The lowest BCUT2D eigenvalue weighted by Crippen LogP contribution is -2.51. The summed E-state index contributed by atoms with van der Waals surface area (Å²) in [6.45, 7) is 2.51. The Morgan fingerprint density at radius 2 is 2.22 bits per heavy atom. The maximum Gasteiger partial charge on any atom is 0.326 e. The summed E-state index contributed by atoms with van der Waals surface area (Å²) in [4.78, 5) is 24.8. The molecule has 2 heterocycles. The van der Waals surface area contributed by atoms with E-state index in [0.717, 1.165) is 19.4 Å². The molecule has 6 nitrogen and oxygen atoms in total. The van der Waals surface area contributed by atoms with Gasteiger partial charge in [-0.1, -0.05) is 0 Å². The molecule has 6 heteroatoms. The Morgan fingerprint density at radius 1 is 1.39 bits per heavy atom. The molecule has 2 N–H and O–H groups in total. The van der Waals surface area contributed by atoms with Gasteiger partial charge in [-0.25, -0.2) is 4.79 Å². The predicted octanol–water partition coefficient (Wildman–Crippen LogP) is -0.169. The first kappa shape index (κ1) is 13.3. The van der Waals surface area contributed by atoms with Crippen LogP contribution in [0.5, 0.6) is 0 Å². The van der Waals surface area contributed by atoms with Gasteiger partial charge in [0.1, 0.15) is 6.04 Å². The first-order valence-electron chi connectivity index (χ1n) is 6.52. The Bertz CT molecular complexity index is 315. The minimum Gasteiger partial charge on any atom is -0.480 e. The number of aliphatic carboxylic acids is 1. The molecule has 2 atom stereocenters. The van der Waals surface area contributed by atoms with Gasteiger partial charge in [0.05, 0.1) is 13.2 Å². The normalized spacial score (nSPS) is 29.0. The van der Waals surface area contributed by atoms with Gasteiger partial charge in [-0.2, -0.15) is 0 Å². The van der Waals surface area contributed by atoms with Crippen molar-refractivity contribution < 1.29 is 19.4 Å². The van der Waals surface area contributed by atoms with E-state index in [1.165, 1.54) is 4.90 Å². The van der Waals surface area contributed by atoms with Crippen LogP contribution in [0, 0.1) is 0 Å². The second-order valence-electron chi connectivity index (χ2n) is 4.87. The second kappa shape index (κ2) is 6.15. The fourth-order valence-electron chi connectivity index (χ4n) is 2.57. The van der Waals surface area contributed by atoms with Gasteiger partial charge in [-0.3, -0.25) is 4.79 Å². The van der Waals surface area contributed by atoms with Crippen LogP contribution in [0.3, 0.4) is 0 Å². The Labute approximate surface area is 106 Å². The number of hydrogen-bond donors (Lipinski definition) is 2. The molecular weight excluding hydrogens is 236 g/mol. The Morgan fingerprint density at radius 3 is 2.89 bits per heavy atom. The number of carbonyl (C=O) groups is 2. The third-order valence-corrected chi connectivity index (χ3v) is 3.53. The van der Waals surface area contributed by atoms with Crippen molar-refractivity contribution in [3.05, 3.63) is 0 Å². The van der Waals surface area contributed by atoms with Crippen molar-refractivity contribution >= 4 is 11.9 Å². The molecule has 102 valence electrons. The monoisotopic (exact) mass is 256 g/mol.